The molecule has 0 saturated heterocycles. The van der Waals surface area contributed by atoms with Crippen LogP contribution in [0.4, 0.5) is 11.9 Å². The highest BCUT2D eigenvalue weighted by molar-refractivity contribution is 6.32. The molecule has 140 valence electrons. The number of halogens is 2. The van der Waals surface area contributed by atoms with Crippen molar-refractivity contribution < 1.29 is 0 Å². The van der Waals surface area contributed by atoms with Crippen LogP contribution in [0.15, 0.2) is 60.7 Å². The topological polar surface area (TPSA) is 129 Å². The Hall–Kier alpha value is -3.36. The zero-order valence-corrected chi connectivity index (χ0v) is 15.9. The molecule has 0 aliphatic rings. The predicted molar refractivity (Wildman–Crippen MR) is 109 cm³/mol. The lowest BCUT2D eigenvalue weighted by molar-refractivity contribution is 0.991. The first-order valence-electron chi connectivity index (χ1n) is 7.97. The van der Waals surface area contributed by atoms with Crippen LogP contribution in [0, 0.1) is 0 Å². The van der Waals surface area contributed by atoms with Crippen LogP contribution >= 0.6 is 23.2 Å². The molecular weight excluding hydrogens is 399 g/mol. The third-order valence-electron chi connectivity index (χ3n) is 3.42. The molecular formula is C18H14Cl2N8. The smallest absolute Gasteiger partial charge is 0.240 e. The van der Waals surface area contributed by atoms with Gasteiger partial charge < -0.3 is 11.5 Å². The van der Waals surface area contributed by atoms with Gasteiger partial charge in [-0.2, -0.15) is 0 Å². The summed E-state index contributed by atoms with van der Waals surface area (Å²) in [6.45, 7) is 0. The van der Waals surface area contributed by atoms with Gasteiger partial charge >= 0.3 is 0 Å². The molecule has 0 amide bonds. The average molecular weight is 413 g/mol. The minimum Gasteiger partial charge on any atom is -0.366 e. The molecule has 0 aliphatic carbocycles. The Morgan fingerprint density at radius 2 is 0.893 bits per heavy atom. The number of benzene rings is 2. The second-order valence-corrected chi connectivity index (χ2v) is 6.07. The van der Waals surface area contributed by atoms with Crippen LogP contribution in [-0.2, 0) is 0 Å². The molecule has 28 heavy (non-hydrogen) atoms. The normalized spacial score (nSPS) is 10.1. The Morgan fingerprint density at radius 1 is 0.536 bits per heavy atom. The maximum atomic E-state index is 5.84. The molecule has 2 aromatic heterocycles. The molecule has 0 atom stereocenters. The van der Waals surface area contributed by atoms with Gasteiger partial charge in [-0.05, 0) is 0 Å². The molecule has 8 nitrogen and oxygen atoms in total. The lowest BCUT2D eigenvalue weighted by atomic mass is 10.2. The van der Waals surface area contributed by atoms with Crippen LogP contribution in [-0.4, -0.2) is 30.4 Å². The van der Waals surface area contributed by atoms with Crippen LogP contribution < -0.4 is 11.5 Å². The van der Waals surface area contributed by atoms with E-state index in [0.29, 0.717) is 11.4 Å². The summed E-state index contributed by atoms with van der Waals surface area (Å²) in [4.78, 5) is 8.03. The van der Waals surface area contributed by atoms with Gasteiger partial charge in [0.25, 0.3) is 0 Å². The van der Waals surface area contributed by atoms with E-state index in [2.05, 4.69) is 30.4 Å². The summed E-state index contributed by atoms with van der Waals surface area (Å²) in [5.74, 6) is 0.238. The van der Waals surface area contributed by atoms with E-state index in [1.54, 1.807) is 0 Å². The van der Waals surface area contributed by atoms with Gasteiger partial charge in [0, 0.05) is 11.1 Å². The summed E-state index contributed by atoms with van der Waals surface area (Å²) >= 11 is 11.7. The van der Waals surface area contributed by atoms with Crippen molar-refractivity contribution in [3.8, 4) is 22.5 Å². The van der Waals surface area contributed by atoms with Crippen LogP contribution in [0.25, 0.3) is 22.5 Å². The van der Waals surface area contributed by atoms with Crippen molar-refractivity contribution >= 4 is 35.1 Å². The second-order valence-electron chi connectivity index (χ2n) is 5.35. The average Bonchev–Trinajstić information content (AvgIpc) is 2.73. The molecule has 0 radical (unpaired) electrons. The Labute approximate surface area is 170 Å². The zero-order chi connectivity index (χ0) is 19.9. The molecule has 4 rings (SSSR count). The van der Waals surface area contributed by atoms with Crippen molar-refractivity contribution in [1.29, 1.82) is 0 Å². The summed E-state index contributed by atoms with van der Waals surface area (Å²) < 4.78 is 0. The molecule has 4 N–H and O–H groups in total. The van der Waals surface area contributed by atoms with E-state index in [1.165, 1.54) is 0 Å². The van der Waals surface area contributed by atoms with Crippen molar-refractivity contribution in [3.63, 3.8) is 0 Å². The molecule has 2 aromatic carbocycles. The molecule has 0 spiro atoms. The molecule has 0 fully saturated rings. The fourth-order valence-electron chi connectivity index (χ4n) is 2.21. The number of anilines is 2. The first kappa shape index (κ1) is 19.4. The number of hydrogen-bond acceptors (Lipinski definition) is 8. The maximum absolute atomic E-state index is 5.84. The Bertz CT molecular complexity index is 975. The summed E-state index contributed by atoms with van der Waals surface area (Å²) in [6.07, 6.45) is 0. The Morgan fingerprint density at radius 3 is 1.25 bits per heavy atom. The van der Waals surface area contributed by atoms with Gasteiger partial charge in [-0.3, -0.25) is 0 Å². The van der Waals surface area contributed by atoms with E-state index >= 15 is 0 Å². The van der Waals surface area contributed by atoms with Crippen LogP contribution in [0.5, 0.6) is 0 Å². The number of nitrogen functional groups attached to an aromatic ring is 2. The lowest BCUT2D eigenvalue weighted by Gasteiger charge is -2.01. The summed E-state index contributed by atoms with van der Waals surface area (Å²) in [5, 5.41) is 15.0. The largest absolute Gasteiger partial charge is 0.366 e. The fraction of sp³-hybridized carbons (Fsp3) is 0. The summed E-state index contributed by atoms with van der Waals surface area (Å²) in [6, 6.07) is 18.9. The Balaban J connectivity index is 0.000000161. The SMILES string of the molecule is Nc1nnc(Cl)c(-c2ccccc2)n1.Nc1nnc(Cl)c(-c2ccccc2)n1. The summed E-state index contributed by atoms with van der Waals surface area (Å²) in [7, 11) is 0. The van der Waals surface area contributed by atoms with Gasteiger partial charge in [-0.15, -0.1) is 20.4 Å². The van der Waals surface area contributed by atoms with Gasteiger partial charge in [0.2, 0.25) is 11.9 Å². The van der Waals surface area contributed by atoms with Crippen molar-refractivity contribution in [2.75, 3.05) is 11.5 Å². The maximum Gasteiger partial charge on any atom is 0.240 e. The van der Waals surface area contributed by atoms with Crippen molar-refractivity contribution in [1.82, 2.24) is 30.4 Å². The first-order chi connectivity index (χ1) is 13.5. The van der Waals surface area contributed by atoms with E-state index in [4.69, 9.17) is 34.7 Å². The van der Waals surface area contributed by atoms with Gasteiger partial charge in [0.1, 0.15) is 11.4 Å². The zero-order valence-electron chi connectivity index (χ0n) is 14.4. The molecule has 0 bridgehead atoms. The lowest BCUT2D eigenvalue weighted by Crippen LogP contribution is -1.99. The Kier molecular flexibility index (Phi) is 6.25. The standard InChI is InChI=1S/2C9H7ClN4/c2*10-8-7(12-9(11)14-13-8)6-4-2-1-3-5-6/h2*1-5H,(H2,11,12,14). The van der Waals surface area contributed by atoms with Gasteiger partial charge in [0.05, 0.1) is 0 Å². The van der Waals surface area contributed by atoms with Crippen LogP contribution in [0.3, 0.4) is 0 Å². The molecule has 0 saturated carbocycles. The highest BCUT2D eigenvalue weighted by Crippen LogP contribution is 2.24. The highest BCUT2D eigenvalue weighted by Gasteiger charge is 2.08. The number of nitrogens with two attached hydrogens (primary N) is 2. The van der Waals surface area contributed by atoms with Gasteiger partial charge in [0.15, 0.2) is 10.3 Å². The molecule has 2 heterocycles. The number of aromatic nitrogens is 6. The minimum atomic E-state index is 0.119. The summed E-state index contributed by atoms with van der Waals surface area (Å²) in [5.41, 5.74) is 13.7. The van der Waals surface area contributed by atoms with E-state index in [1.807, 2.05) is 60.7 Å². The van der Waals surface area contributed by atoms with E-state index < -0.39 is 0 Å². The third-order valence-corrected chi connectivity index (χ3v) is 3.93. The quantitative estimate of drug-likeness (QED) is 0.510. The van der Waals surface area contributed by atoms with Crippen molar-refractivity contribution in [2.45, 2.75) is 0 Å². The predicted octanol–water partition coefficient (Wildman–Crippen LogP) is 3.55. The van der Waals surface area contributed by atoms with Crippen molar-refractivity contribution in [2.24, 2.45) is 0 Å². The van der Waals surface area contributed by atoms with E-state index in [9.17, 15) is 0 Å². The van der Waals surface area contributed by atoms with Gasteiger partial charge in [-0.1, -0.05) is 83.9 Å². The highest BCUT2D eigenvalue weighted by atomic mass is 35.5. The van der Waals surface area contributed by atoms with E-state index in [0.717, 1.165) is 11.1 Å². The molecule has 10 heteroatoms. The number of rotatable bonds is 2. The monoisotopic (exact) mass is 412 g/mol. The molecule has 0 unspecified atom stereocenters. The third kappa shape index (κ3) is 4.87. The van der Waals surface area contributed by atoms with E-state index in [-0.39, 0.29) is 22.2 Å². The number of nitrogens with zero attached hydrogens (tertiary/aromatic N) is 6. The number of hydrogen-bond donors (Lipinski definition) is 2. The van der Waals surface area contributed by atoms with Crippen LogP contribution in [0.1, 0.15) is 0 Å². The molecule has 0 aliphatic heterocycles. The van der Waals surface area contributed by atoms with Crippen molar-refractivity contribution in [3.05, 3.63) is 71.0 Å². The van der Waals surface area contributed by atoms with Gasteiger partial charge in [-0.25, -0.2) is 9.97 Å². The second kappa shape index (κ2) is 9.03. The molecule has 4 aromatic rings. The first-order valence-corrected chi connectivity index (χ1v) is 8.72. The minimum absolute atomic E-state index is 0.119. The fourth-order valence-corrected chi connectivity index (χ4v) is 2.59. The van der Waals surface area contributed by atoms with Crippen LogP contribution in [0.2, 0.25) is 10.3 Å².